The highest BCUT2D eigenvalue weighted by Crippen LogP contribution is 2.35. The van der Waals surface area contributed by atoms with Crippen LogP contribution in [-0.2, 0) is 13.5 Å². The first-order valence-electron chi connectivity index (χ1n) is 8.08. The quantitative estimate of drug-likeness (QED) is 0.628. The highest BCUT2D eigenvalue weighted by Gasteiger charge is 2.27. The molecule has 1 aromatic carbocycles. The van der Waals surface area contributed by atoms with Gasteiger partial charge in [0.1, 0.15) is 10.7 Å². The van der Waals surface area contributed by atoms with Crippen molar-refractivity contribution in [3.63, 3.8) is 0 Å². The lowest BCUT2D eigenvalue weighted by Gasteiger charge is -2.30. The Bertz CT molecular complexity index is 962. The molecular formula is C18H17BrN4OS. The molecule has 1 amide bonds. The fourth-order valence-electron chi connectivity index (χ4n) is 3.30. The topological polar surface area (TPSA) is 51.0 Å². The lowest BCUT2D eigenvalue weighted by Crippen LogP contribution is -2.36. The van der Waals surface area contributed by atoms with Gasteiger partial charge in [0, 0.05) is 35.2 Å². The minimum atomic E-state index is -0.0298. The molecule has 3 aromatic rings. The number of nitrogens with zero attached hydrogens (tertiary/aromatic N) is 4. The SMILES string of the molecule is Cc1cc(Br)cc2c1N(C(=O)c1csc(-c3cnn(C)c3)n1)CCC2. The summed E-state index contributed by atoms with van der Waals surface area (Å²) >= 11 is 5.03. The van der Waals surface area contributed by atoms with Crippen molar-refractivity contribution < 1.29 is 4.79 Å². The van der Waals surface area contributed by atoms with Crippen LogP contribution in [0.5, 0.6) is 0 Å². The van der Waals surface area contributed by atoms with E-state index in [1.165, 1.54) is 16.9 Å². The standard InChI is InChI=1S/C18H17BrN4OS/c1-11-6-14(19)7-12-4-3-5-23(16(11)12)18(24)15-10-25-17(21-15)13-8-20-22(2)9-13/h6-10H,3-5H2,1-2H3. The van der Waals surface area contributed by atoms with E-state index in [-0.39, 0.29) is 5.91 Å². The van der Waals surface area contributed by atoms with Crippen molar-refractivity contribution in [3.05, 3.63) is 51.2 Å². The van der Waals surface area contributed by atoms with Crippen LogP contribution in [0.15, 0.2) is 34.4 Å². The van der Waals surface area contributed by atoms with Gasteiger partial charge in [-0.25, -0.2) is 4.98 Å². The first-order valence-corrected chi connectivity index (χ1v) is 9.75. The summed E-state index contributed by atoms with van der Waals surface area (Å²) in [6.45, 7) is 2.78. The van der Waals surface area contributed by atoms with Crippen molar-refractivity contribution >= 4 is 38.9 Å². The zero-order chi connectivity index (χ0) is 17.6. The highest BCUT2D eigenvalue weighted by atomic mass is 79.9. The second kappa shape index (κ2) is 6.38. The molecule has 0 radical (unpaired) electrons. The number of hydrogen-bond acceptors (Lipinski definition) is 4. The summed E-state index contributed by atoms with van der Waals surface area (Å²) < 4.78 is 2.80. The van der Waals surface area contributed by atoms with E-state index in [9.17, 15) is 4.79 Å². The number of thiazole rings is 1. The van der Waals surface area contributed by atoms with E-state index in [1.54, 1.807) is 10.9 Å². The van der Waals surface area contributed by atoms with Crippen molar-refractivity contribution in [2.24, 2.45) is 7.05 Å². The number of carbonyl (C=O) groups is 1. The van der Waals surface area contributed by atoms with Crippen LogP contribution in [0.25, 0.3) is 10.6 Å². The lowest BCUT2D eigenvalue weighted by atomic mass is 9.98. The first kappa shape index (κ1) is 16.5. The van der Waals surface area contributed by atoms with E-state index < -0.39 is 0 Å². The van der Waals surface area contributed by atoms with Crippen LogP contribution >= 0.6 is 27.3 Å². The minimum Gasteiger partial charge on any atom is -0.306 e. The van der Waals surface area contributed by atoms with Gasteiger partial charge in [-0.3, -0.25) is 9.48 Å². The third kappa shape index (κ3) is 3.02. The number of hydrogen-bond donors (Lipinski definition) is 0. The van der Waals surface area contributed by atoms with Crippen molar-refractivity contribution in [1.29, 1.82) is 0 Å². The number of anilines is 1. The Morgan fingerprint density at radius 2 is 2.20 bits per heavy atom. The van der Waals surface area contributed by atoms with Gasteiger partial charge in [0.05, 0.1) is 11.9 Å². The zero-order valence-corrected chi connectivity index (χ0v) is 16.4. The van der Waals surface area contributed by atoms with Crippen LogP contribution in [0.4, 0.5) is 5.69 Å². The summed E-state index contributed by atoms with van der Waals surface area (Å²) in [6, 6.07) is 4.18. The summed E-state index contributed by atoms with van der Waals surface area (Å²) in [4.78, 5) is 19.5. The largest absolute Gasteiger partial charge is 0.306 e. The maximum Gasteiger partial charge on any atom is 0.277 e. The Balaban J connectivity index is 1.68. The Hall–Kier alpha value is -1.99. The monoisotopic (exact) mass is 416 g/mol. The molecule has 2 aromatic heterocycles. The Kier molecular flexibility index (Phi) is 4.21. The molecule has 1 aliphatic rings. The van der Waals surface area contributed by atoms with Gasteiger partial charge in [-0.15, -0.1) is 11.3 Å². The molecule has 128 valence electrons. The number of fused-ring (bicyclic) bond motifs is 1. The van der Waals surface area contributed by atoms with Crippen LogP contribution in [0.3, 0.4) is 0 Å². The van der Waals surface area contributed by atoms with Crippen LogP contribution in [-0.4, -0.2) is 27.2 Å². The number of aromatic nitrogens is 3. The van der Waals surface area contributed by atoms with E-state index in [1.807, 2.05) is 23.5 Å². The van der Waals surface area contributed by atoms with Crippen LogP contribution in [0.2, 0.25) is 0 Å². The normalized spacial score (nSPS) is 13.8. The van der Waals surface area contributed by atoms with Gasteiger partial charge in [0.2, 0.25) is 0 Å². The van der Waals surface area contributed by atoms with Gasteiger partial charge in [0.15, 0.2) is 0 Å². The number of carbonyl (C=O) groups excluding carboxylic acids is 1. The van der Waals surface area contributed by atoms with E-state index in [0.717, 1.165) is 45.7 Å². The molecule has 0 N–H and O–H groups in total. The molecule has 5 nitrogen and oxygen atoms in total. The van der Waals surface area contributed by atoms with Crippen molar-refractivity contribution in [1.82, 2.24) is 14.8 Å². The predicted octanol–water partition coefficient (Wildman–Crippen LogP) is 4.21. The molecule has 25 heavy (non-hydrogen) atoms. The Morgan fingerprint density at radius 1 is 1.36 bits per heavy atom. The summed E-state index contributed by atoms with van der Waals surface area (Å²) in [7, 11) is 1.87. The first-order chi connectivity index (χ1) is 12.0. The van der Waals surface area contributed by atoms with Crippen molar-refractivity contribution in [3.8, 4) is 10.6 Å². The zero-order valence-electron chi connectivity index (χ0n) is 14.0. The average Bonchev–Trinajstić information content (AvgIpc) is 3.22. The number of amides is 1. The third-order valence-corrected chi connectivity index (χ3v) is 5.71. The third-order valence-electron chi connectivity index (χ3n) is 4.36. The molecule has 0 spiro atoms. The van der Waals surface area contributed by atoms with E-state index in [4.69, 9.17) is 0 Å². The summed E-state index contributed by atoms with van der Waals surface area (Å²) in [5.41, 5.74) is 4.80. The predicted molar refractivity (Wildman–Crippen MR) is 103 cm³/mol. The molecule has 0 saturated carbocycles. The Morgan fingerprint density at radius 3 is 2.96 bits per heavy atom. The molecule has 1 aliphatic heterocycles. The van der Waals surface area contributed by atoms with Gasteiger partial charge in [-0.1, -0.05) is 15.9 Å². The summed E-state index contributed by atoms with van der Waals surface area (Å²) in [6.07, 6.45) is 5.64. The van der Waals surface area contributed by atoms with Gasteiger partial charge in [-0.2, -0.15) is 5.10 Å². The molecule has 0 aliphatic carbocycles. The van der Waals surface area contributed by atoms with E-state index in [2.05, 4.69) is 45.1 Å². The second-order valence-corrected chi connectivity index (χ2v) is 8.01. The molecule has 0 fully saturated rings. The van der Waals surface area contributed by atoms with Gasteiger partial charge in [0.25, 0.3) is 5.91 Å². The maximum atomic E-state index is 13.1. The van der Waals surface area contributed by atoms with Gasteiger partial charge < -0.3 is 4.90 Å². The summed E-state index contributed by atoms with van der Waals surface area (Å²) in [5, 5.41) is 6.83. The number of rotatable bonds is 2. The molecule has 0 unspecified atom stereocenters. The van der Waals surface area contributed by atoms with Crippen LogP contribution in [0.1, 0.15) is 28.0 Å². The van der Waals surface area contributed by atoms with E-state index >= 15 is 0 Å². The van der Waals surface area contributed by atoms with E-state index in [0.29, 0.717) is 5.69 Å². The summed E-state index contributed by atoms with van der Waals surface area (Å²) in [5.74, 6) is -0.0298. The molecule has 3 heterocycles. The molecule has 0 saturated heterocycles. The van der Waals surface area contributed by atoms with Crippen LogP contribution in [0, 0.1) is 6.92 Å². The van der Waals surface area contributed by atoms with Crippen LogP contribution < -0.4 is 4.90 Å². The lowest BCUT2D eigenvalue weighted by molar-refractivity contribution is 0.0981. The highest BCUT2D eigenvalue weighted by molar-refractivity contribution is 9.10. The molecule has 4 rings (SSSR count). The molecule has 0 bridgehead atoms. The number of benzene rings is 1. The minimum absolute atomic E-state index is 0.0298. The Labute approximate surface area is 158 Å². The van der Waals surface area contributed by atoms with Gasteiger partial charge >= 0.3 is 0 Å². The van der Waals surface area contributed by atoms with Crippen molar-refractivity contribution in [2.75, 3.05) is 11.4 Å². The smallest absolute Gasteiger partial charge is 0.277 e. The second-order valence-electron chi connectivity index (χ2n) is 6.23. The number of halogens is 1. The van der Waals surface area contributed by atoms with Crippen molar-refractivity contribution in [2.45, 2.75) is 19.8 Å². The maximum absolute atomic E-state index is 13.1. The fraction of sp³-hybridized carbons (Fsp3) is 0.278. The fourth-order valence-corrected chi connectivity index (χ4v) is 4.69. The number of aryl methyl sites for hydroxylation is 3. The average molecular weight is 417 g/mol. The van der Waals surface area contributed by atoms with Gasteiger partial charge in [-0.05, 0) is 43.0 Å². The molecule has 0 atom stereocenters. The molecular weight excluding hydrogens is 400 g/mol. The molecule has 7 heteroatoms.